The van der Waals surface area contributed by atoms with Crippen molar-refractivity contribution in [2.45, 2.75) is 55.8 Å². The Morgan fingerprint density at radius 3 is 2.53 bits per heavy atom. The van der Waals surface area contributed by atoms with E-state index in [4.69, 9.17) is 23.2 Å². The lowest BCUT2D eigenvalue weighted by Crippen LogP contribution is -2.45. The number of carbonyl (C=O) groups is 1. The monoisotopic (exact) mass is 301 g/mol. The van der Waals surface area contributed by atoms with Gasteiger partial charge in [0, 0.05) is 6.04 Å². The van der Waals surface area contributed by atoms with E-state index < -0.39 is 9.75 Å². The Labute approximate surface area is 124 Å². The Hall–Kier alpha value is 0.0500. The summed E-state index contributed by atoms with van der Waals surface area (Å²) in [7, 11) is 0. The fourth-order valence-corrected chi connectivity index (χ4v) is 5.91. The number of hydrogen-bond acceptors (Lipinski definition) is 1. The van der Waals surface area contributed by atoms with Crippen LogP contribution in [0.1, 0.15) is 45.4 Å². The van der Waals surface area contributed by atoms with Crippen molar-refractivity contribution in [2.24, 2.45) is 29.1 Å². The third kappa shape index (κ3) is 1.65. The summed E-state index contributed by atoms with van der Waals surface area (Å²) in [6.07, 6.45) is 7.31. The van der Waals surface area contributed by atoms with Crippen molar-refractivity contribution in [1.82, 2.24) is 5.32 Å². The summed E-state index contributed by atoms with van der Waals surface area (Å²) in [4.78, 5) is 12.4. The minimum atomic E-state index is -0.843. The molecular weight excluding hydrogens is 281 g/mol. The molecule has 0 saturated heterocycles. The standard InChI is InChI=1S/C15H21Cl2NO/c1-14(7-15(14,16)17)13(19)18-12-6-8-5-11(12)10-4-2-3-9(8)10/h8-12H,2-7H2,1H3,(H,18,19)/t8-,9+,10-,11+,12-,14-/m1/s1. The van der Waals surface area contributed by atoms with Crippen LogP contribution in [-0.2, 0) is 4.79 Å². The summed E-state index contributed by atoms with van der Waals surface area (Å²) in [5.41, 5.74) is -0.562. The molecule has 106 valence electrons. The summed E-state index contributed by atoms with van der Waals surface area (Å²) < 4.78 is -0.843. The highest BCUT2D eigenvalue weighted by Gasteiger charge is 2.68. The van der Waals surface area contributed by atoms with E-state index in [0.717, 1.165) is 23.7 Å². The van der Waals surface area contributed by atoms with E-state index in [-0.39, 0.29) is 5.91 Å². The first-order valence-electron chi connectivity index (χ1n) is 7.61. The zero-order valence-electron chi connectivity index (χ0n) is 11.3. The van der Waals surface area contributed by atoms with Gasteiger partial charge in [-0.15, -0.1) is 23.2 Å². The smallest absolute Gasteiger partial charge is 0.229 e. The molecule has 2 nitrogen and oxygen atoms in total. The van der Waals surface area contributed by atoms with E-state index in [9.17, 15) is 4.79 Å². The van der Waals surface area contributed by atoms with Gasteiger partial charge in [-0.1, -0.05) is 6.42 Å². The molecule has 4 rings (SSSR count). The van der Waals surface area contributed by atoms with Gasteiger partial charge >= 0.3 is 0 Å². The van der Waals surface area contributed by atoms with E-state index in [1.165, 1.54) is 32.1 Å². The fraction of sp³-hybridized carbons (Fsp3) is 0.933. The number of nitrogens with one attached hydrogen (secondary N) is 1. The number of amides is 1. The molecular formula is C15H21Cl2NO. The predicted molar refractivity (Wildman–Crippen MR) is 76.1 cm³/mol. The molecule has 0 radical (unpaired) electrons. The number of halogens is 2. The zero-order valence-corrected chi connectivity index (χ0v) is 12.8. The van der Waals surface area contributed by atoms with Crippen molar-refractivity contribution in [2.75, 3.05) is 0 Å². The number of rotatable bonds is 2. The summed E-state index contributed by atoms with van der Waals surface area (Å²) >= 11 is 12.2. The highest BCUT2D eigenvalue weighted by molar-refractivity contribution is 6.53. The SMILES string of the molecule is C[C@]1(C(=O)N[C@@H]2C[C@H]3C[C@H]2[C@@H]2CCC[C@@H]32)CC1(Cl)Cl. The molecule has 19 heavy (non-hydrogen) atoms. The largest absolute Gasteiger partial charge is 0.353 e. The third-order valence-corrected chi connectivity index (χ3v) is 7.61. The van der Waals surface area contributed by atoms with Crippen molar-refractivity contribution >= 4 is 29.1 Å². The van der Waals surface area contributed by atoms with E-state index >= 15 is 0 Å². The van der Waals surface area contributed by atoms with Gasteiger partial charge in [0.15, 0.2) is 0 Å². The maximum absolute atomic E-state index is 12.4. The second-order valence-electron chi connectivity index (χ2n) is 7.45. The summed E-state index contributed by atoms with van der Waals surface area (Å²) in [5.74, 6) is 3.52. The lowest BCUT2D eigenvalue weighted by molar-refractivity contribution is -0.127. The molecule has 0 aromatic carbocycles. The Bertz CT molecular complexity index is 438. The van der Waals surface area contributed by atoms with Gasteiger partial charge in [-0.2, -0.15) is 0 Å². The first kappa shape index (κ1) is 12.8. The minimum Gasteiger partial charge on any atom is -0.353 e. The first-order chi connectivity index (χ1) is 8.92. The van der Waals surface area contributed by atoms with Crippen LogP contribution in [-0.4, -0.2) is 16.3 Å². The van der Waals surface area contributed by atoms with Gasteiger partial charge in [0.1, 0.15) is 4.33 Å². The molecule has 4 aliphatic carbocycles. The molecule has 2 bridgehead atoms. The molecule has 6 atom stereocenters. The summed E-state index contributed by atoms with van der Waals surface area (Å²) in [6, 6.07) is 0.387. The molecule has 4 saturated carbocycles. The lowest BCUT2D eigenvalue weighted by Gasteiger charge is -2.32. The topological polar surface area (TPSA) is 29.1 Å². The highest BCUT2D eigenvalue weighted by Crippen LogP contribution is 2.64. The van der Waals surface area contributed by atoms with Gasteiger partial charge in [0.25, 0.3) is 0 Å². The van der Waals surface area contributed by atoms with E-state index in [1.54, 1.807) is 0 Å². The average molecular weight is 302 g/mol. The molecule has 0 aromatic heterocycles. The van der Waals surface area contributed by atoms with Crippen LogP contribution in [0.4, 0.5) is 0 Å². The molecule has 1 amide bonds. The van der Waals surface area contributed by atoms with E-state index in [0.29, 0.717) is 12.5 Å². The summed E-state index contributed by atoms with van der Waals surface area (Å²) in [5, 5.41) is 3.27. The van der Waals surface area contributed by atoms with Crippen LogP contribution in [0.2, 0.25) is 0 Å². The van der Waals surface area contributed by atoms with Gasteiger partial charge < -0.3 is 5.32 Å². The second kappa shape index (κ2) is 3.82. The zero-order chi connectivity index (χ0) is 13.4. The molecule has 4 heteroatoms. The van der Waals surface area contributed by atoms with Crippen LogP contribution in [0.15, 0.2) is 0 Å². The number of hydrogen-bond donors (Lipinski definition) is 1. The van der Waals surface area contributed by atoms with E-state index in [1.807, 2.05) is 6.92 Å². The van der Waals surface area contributed by atoms with Crippen LogP contribution in [0.25, 0.3) is 0 Å². The van der Waals surface area contributed by atoms with Gasteiger partial charge in [0.05, 0.1) is 5.41 Å². The molecule has 4 fully saturated rings. The second-order valence-corrected chi connectivity index (χ2v) is 8.93. The third-order valence-electron chi connectivity index (χ3n) is 6.50. The molecule has 4 aliphatic rings. The molecule has 1 N–H and O–H groups in total. The van der Waals surface area contributed by atoms with Crippen LogP contribution >= 0.6 is 23.2 Å². The number of fused-ring (bicyclic) bond motifs is 5. The van der Waals surface area contributed by atoms with Gasteiger partial charge in [0.2, 0.25) is 5.91 Å². The maximum Gasteiger partial charge on any atom is 0.229 e. The van der Waals surface area contributed by atoms with Gasteiger partial charge in [-0.25, -0.2) is 0 Å². The Kier molecular flexibility index (Phi) is 2.57. The normalized spacial score (nSPS) is 53.1. The van der Waals surface area contributed by atoms with Crippen molar-refractivity contribution < 1.29 is 4.79 Å². The highest BCUT2D eigenvalue weighted by atomic mass is 35.5. The summed E-state index contributed by atoms with van der Waals surface area (Å²) in [6.45, 7) is 1.88. The molecule has 0 spiro atoms. The van der Waals surface area contributed by atoms with Crippen LogP contribution in [0, 0.1) is 29.1 Å². The van der Waals surface area contributed by atoms with Crippen molar-refractivity contribution in [3.8, 4) is 0 Å². The average Bonchev–Trinajstić information content (AvgIpc) is 2.79. The van der Waals surface area contributed by atoms with Crippen molar-refractivity contribution in [1.29, 1.82) is 0 Å². The quantitative estimate of drug-likeness (QED) is 0.777. The van der Waals surface area contributed by atoms with Gasteiger partial charge in [-0.05, 0) is 62.7 Å². The Morgan fingerprint density at radius 2 is 1.84 bits per heavy atom. The first-order valence-corrected chi connectivity index (χ1v) is 8.37. The Balaban J connectivity index is 1.44. The number of alkyl halides is 2. The van der Waals surface area contributed by atoms with Crippen LogP contribution in [0.5, 0.6) is 0 Å². The Morgan fingerprint density at radius 1 is 1.16 bits per heavy atom. The maximum atomic E-state index is 12.4. The van der Waals surface area contributed by atoms with Gasteiger partial charge in [-0.3, -0.25) is 4.79 Å². The minimum absolute atomic E-state index is 0.0737. The fourth-order valence-electron chi connectivity index (χ4n) is 5.21. The lowest BCUT2D eigenvalue weighted by atomic mass is 9.79. The van der Waals surface area contributed by atoms with Crippen LogP contribution < -0.4 is 5.32 Å². The van der Waals surface area contributed by atoms with Crippen molar-refractivity contribution in [3.63, 3.8) is 0 Å². The molecule has 0 aromatic rings. The number of carbonyl (C=O) groups excluding carboxylic acids is 1. The van der Waals surface area contributed by atoms with Crippen LogP contribution in [0.3, 0.4) is 0 Å². The molecule has 0 unspecified atom stereocenters. The molecule has 0 heterocycles. The van der Waals surface area contributed by atoms with Crippen molar-refractivity contribution in [3.05, 3.63) is 0 Å². The predicted octanol–water partition coefficient (Wildman–Crippen LogP) is 3.51. The molecule has 0 aliphatic heterocycles. The van der Waals surface area contributed by atoms with E-state index in [2.05, 4.69) is 5.32 Å².